The molecule has 4 N–H and O–H groups in total. The zero-order valence-corrected chi connectivity index (χ0v) is 24.1. The van der Waals surface area contributed by atoms with Crippen LogP contribution in [-0.4, -0.2) is 57.3 Å². The zero-order chi connectivity index (χ0) is 30.1. The van der Waals surface area contributed by atoms with Crippen molar-refractivity contribution in [1.29, 1.82) is 0 Å². The van der Waals surface area contributed by atoms with Crippen LogP contribution in [0.25, 0.3) is 0 Å². The van der Waals surface area contributed by atoms with Gasteiger partial charge in [0.1, 0.15) is 30.1 Å². The molecule has 222 valence electrons. The summed E-state index contributed by atoms with van der Waals surface area (Å²) in [5.41, 5.74) is 2.48. The minimum atomic E-state index is -0.893. The van der Waals surface area contributed by atoms with E-state index in [1.54, 1.807) is 36.0 Å². The Bertz CT molecular complexity index is 1400. The Labute approximate surface area is 244 Å². The first-order chi connectivity index (χ1) is 20.2. The number of amides is 4. The number of hydrogen-bond acceptors (Lipinski definition) is 7. The Balaban J connectivity index is 1.50. The van der Waals surface area contributed by atoms with Crippen molar-refractivity contribution in [2.24, 2.45) is 5.92 Å². The molecule has 2 aliphatic rings. The second kappa shape index (κ2) is 14.2. The van der Waals surface area contributed by atoms with E-state index in [1.807, 2.05) is 44.2 Å². The van der Waals surface area contributed by atoms with Crippen LogP contribution < -0.4 is 26.0 Å². The first-order valence-electron chi connectivity index (χ1n) is 14.0. The first kappa shape index (κ1) is 30.2. The van der Waals surface area contributed by atoms with Gasteiger partial charge in [-0.15, -0.1) is 5.10 Å². The average molecular weight is 576 g/mol. The van der Waals surface area contributed by atoms with Crippen LogP contribution in [0.4, 0.5) is 0 Å². The third-order valence-electron chi connectivity index (χ3n) is 6.67. The number of nitrogens with zero attached hydrogens (tertiary/aromatic N) is 3. The van der Waals surface area contributed by atoms with Crippen molar-refractivity contribution in [2.75, 3.05) is 6.61 Å². The van der Waals surface area contributed by atoms with Crippen molar-refractivity contribution in [1.82, 2.24) is 36.3 Å². The molecule has 5 rings (SSSR count). The molecule has 2 atom stereocenters. The van der Waals surface area contributed by atoms with Gasteiger partial charge in [0.25, 0.3) is 5.91 Å². The number of carbonyl (C=O) groups is 4. The molecule has 12 heteroatoms. The second-order valence-electron chi connectivity index (χ2n) is 10.7. The molecule has 4 amide bonds. The minimum Gasteiger partial charge on any atom is -0.492 e. The summed E-state index contributed by atoms with van der Waals surface area (Å²) < 4.78 is 7.42. The van der Waals surface area contributed by atoms with E-state index in [0.717, 1.165) is 11.1 Å². The van der Waals surface area contributed by atoms with Crippen molar-refractivity contribution in [2.45, 2.75) is 65.3 Å². The Morgan fingerprint density at radius 1 is 0.952 bits per heavy atom. The highest BCUT2D eigenvalue weighted by Gasteiger charge is 2.25. The monoisotopic (exact) mass is 575 g/mol. The lowest BCUT2D eigenvalue weighted by Gasteiger charge is -2.22. The van der Waals surface area contributed by atoms with E-state index in [0.29, 0.717) is 36.6 Å². The molecule has 0 saturated heterocycles. The normalized spacial score (nSPS) is 19.3. The lowest BCUT2D eigenvalue weighted by atomic mass is 10.0. The minimum absolute atomic E-state index is 0.131. The summed E-state index contributed by atoms with van der Waals surface area (Å²) in [6.45, 7) is 6.66. The number of benzene rings is 2. The zero-order valence-electron chi connectivity index (χ0n) is 24.1. The fraction of sp³-hybridized carbons (Fsp3) is 0.400. The summed E-state index contributed by atoms with van der Waals surface area (Å²) in [7, 11) is 0. The van der Waals surface area contributed by atoms with Crippen molar-refractivity contribution >= 4 is 23.6 Å². The van der Waals surface area contributed by atoms with Crippen molar-refractivity contribution in [3.63, 3.8) is 0 Å². The fourth-order valence-electron chi connectivity index (χ4n) is 4.41. The van der Waals surface area contributed by atoms with Gasteiger partial charge < -0.3 is 26.0 Å². The number of nitrogens with one attached hydrogen (secondary N) is 4. The highest BCUT2D eigenvalue weighted by atomic mass is 16.5. The van der Waals surface area contributed by atoms with E-state index < -0.39 is 23.9 Å². The lowest BCUT2D eigenvalue weighted by Crippen LogP contribution is -2.53. The highest BCUT2D eigenvalue weighted by molar-refractivity contribution is 5.98. The van der Waals surface area contributed by atoms with Crippen LogP contribution in [-0.2, 0) is 40.4 Å². The molecule has 2 aromatic carbocycles. The number of ether oxygens (including phenoxy) is 1. The molecule has 0 aliphatic carbocycles. The molecule has 6 bridgehead atoms. The van der Waals surface area contributed by atoms with E-state index in [1.165, 1.54) is 0 Å². The van der Waals surface area contributed by atoms with Crippen LogP contribution in [0.15, 0.2) is 54.7 Å². The molecule has 0 radical (unpaired) electrons. The molecule has 1 aromatic heterocycles. The predicted octanol–water partition coefficient (Wildman–Crippen LogP) is 1.50. The summed E-state index contributed by atoms with van der Waals surface area (Å²) >= 11 is 0. The van der Waals surface area contributed by atoms with Gasteiger partial charge in [0.15, 0.2) is 0 Å². The van der Waals surface area contributed by atoms with E-state index in [-0.39, 0.29) is 37.2 Å². The molecule has 3 aromatic rings. The number of carbonyl (C=O) groups excluding carboxylic acids is 4. The van der Waals surface area contributed by atoms with Gasteiger partial charge in [0, 0.05) is 12.1 Å². The molecule has 0 fully saturated rings. The molecule has 3 heterocycles. The van der Waals surface area contributed by atoms with Crippen molar-refractivity contribution in [3.05, 3.63) is 77.1 Å². The van der Waals surface area contributed by atoms with E-state index in [9.17, 15) is 19.2 Å². The molecule has 0 saturated carbocycles. The molecule has 0 spiro atoms. The topological polar surface area (TPSA) is 156 Å². The van der Waals surface area contributed by atoms with Crippen molar-refractivity contribution in [3.8, 4) is 5.75 Å². The van der Waals surface area contributed by atoms with Gasteiger partial charge in [-0.25, -0.2) is 4.68 Å². The van der Waals surface area contributed by atoms with Gasteiger partial charge in [0.2, 0.25) is 17.7 Å². The van der Waals surface area contributed by atoms with Gasteiger partial charge in [-0.3, -0.25) is 19.2 Å². The number of aromatic nitrogens is 3. The van der Waals surface area contributed by atoms with E-state index >= 15 is 0 Å². The number of rotatable bonds is 2. The third kappa shape index (κ3) is 8.88. The SMILES string of the molecule is CC(C)C[C@H]1NC(=O)[C@@H](C)NC(=O)c2cccc(c2)CNC(=O)Cc2ccc(cc2)OCCn2cc(nn2)CNC1=O. The maximum absolute atomic E-state index is 13.0. The Morgan fingerprint density at radius 3 is 2.50 bits per heavy atom. The number of fused-ring (bicyclic) bond motifs is 15. The predicted molar refractivity (Wildman–Crippen MR) is 154 cm³/mol. The Hall–Kier alpha value is -4.74. The summed E-state index contributed by atoms with van der Waals surface area (Å²) in [5, 5.41) is 19.4. The molecule has 12 nitrogen and oxygen atoms in total. The molecule has 42 heavy (non-hydrogen) atoms. The quantitative estimate of drug-likeness (QED) is 0.337. The van der Waals surface area contributed by atoms with Gasteiger partial charge in [-0.05, 0) is 54.7 Å². The van der Waals surface area contributed by atoms with Crippen LogP contribution in [0.5, 0.6) is 5.75 Å². The van der Waals surface area contributed by atoms with Gasteiger partial charge >= 0.3 is 0 Å². The molecule has 0 unspecified atom stereocenters. The molecule has 2 aliphatic heterocycles. The average Bonchev–Trinajstić information content (AvgIpc) is 3.42. The number of hydrogen-bond donors (Lipinski definition) is 4. The van der Waals surface area contributed by atoms with Crippen LogP contribution in [0.3, 0.4) is 0 Å². The molecular formula is C30H37N7O5. The van der Waals surface area contributed by atoms with E-state index in [2.05, 4.69) is 31.6 Å². The van der Waals surface area contributed by atoms with Crippen LogP contribution >= 0.6 is 0 Å². The standard InChI is InChI=1S/C30H37N7O5/c1-19(2)13-26-30(41)32-17-24-18-37(36-35-24)11-12-42-25-9-7-21(8-10-25)15-27(38)31-16-22-5-4-6-23(14-22)29(40)33-20(3)28(39)34-26/h4-10,14,18-20,26H,11-13,15-17H2,1-3H3,(H,31,38)(H,32,41)(H,33,40)(H,34,39)/t20-,26-/m1/s1. The van der Waals surface area contributed by atoms with Gasteiger partial charge in [-0.1, -0.05) is 43.3 Å². The van der Waals surface area contributed by atoms with Crippen molar-refractivity contribution < 1.29 is 23.9 Å². The largest absolute Gasteiger partial charge is 0.492 e. The Morgan fingerprint density at radius 2 is 1.74 bits per heavy atom. The second-order valence-corrected chi connectivity index (χ2v) is 10.7. The highest BCUT2D eigenvalue weighted by Crippen LogP contribution is 2.13. The smallest absolute Gasteiger partial charge is 0.251 e. The van der Waals surface area contributed by atoms with Gasteiger partial charge in [0.05, 0.1) is 25.7 Å². The summed E-state index contributed by atoms with van der Waals surface area (Å²) in [6.07, 6.45) is 2.33. The maximum Gasteiger partial charge on any atom is 0.251 e. The molecular weight excluding hydrogens is 538 g/mol. The Kier molecular flexibility index (Phi) is 10.2. The van der Waals surface area contributed by atoms with Crippen LogP contribution in [0, 0.1) is 5.92 Å². The van der Waals surface area contributed by atoms with Crippen LogP contribution in [0.1, 0.15) is 54.4 Å². The summed E-state index contributed by atoms with van der Waals surface area (Å²) in [6, 6.07) is 12.4. The first-order valence-corrected chi connectivity index (χ1v) is 14.0. The summed E-state index contributed by atoms with van der Waals surface area (Å²) in [4.78, 5) is 51.5. The van der Waals surface area contributed by atoms with E-state index in [4.69, 9.17) is 4.74 Å². The lowest BCUT2D eigenvalue weighted by molar-refractivity contribution is -0.130. The fourth-order valence-corrected chi connectivity index (χ4v) is 4.41. The third-order valence-corrected chi connectivity index (χ3v) is 6.67. The summed E-state index contributed by atoms with van der Waals surface area (Å²) in [5.74, 6) is -0.641. The maximum atomic E-state index is 13.0. The van der Waals surface area contributed by atoms with Gasteiger partial charge in [-0.2, -0.15) is 0 Å². The van der Waals surface area contributed by atoms with Crippen LogP contribution in [0.2, 0.25) is 0 Å².